The number of rotatable bonds is 2. The first-order valence-electron chi connectivity index (χ1n) is 6.54. The van der Waals surface area contributed by atoms with Crippen LogP contribution in [0.1, 0.15) is 25.7 Å². The van der Waals surface area contributed by atoms with Gasteiger partial charge in [0.05, 0.1) is 11.0 Å². The van der Waals surface area contributed by atoms with Crippen molar-refractivity contribution in [1.82, 2.24) is 0 Å². The monoisotopic (exact) mass is 278 g/mol. The molecule has 1 aromatic rings. The minimum Gasteiger partial charge on any atom is -0.392 e. The molecule has 2 atom stereocenters. The topological polar surface area (TPSA) is 54.4 Å². The van der Waals surface area contributed by atoms with Gasteiger partial charge in [-0.3, -0.25) is 0 Å². The van der Waals surface area contributed by atoms with Crippen molar-refractivity contribution in [2.45, 2.75) is 36.7 Å². The zero-order chi connectivity index (χ0) is 13.7. The quantitative estimate of drug-likeness (QED) is 0.842. The Bertz CT molecular complexity index is 566. The molecule has 1 N–H and O–H groups in total. The van der Waals surface area contributed by atoms with Crippen LogP contribution >= 0.6 is 0 Å². The second-order valence-electron chi connectivity index (χ2n) is 4.85. The van der Waals surface area contributed by atoms with E-state index in [1.165, 1.54) is 0 Å². The summed E-state index contributed by atoms with van der Waals surface area (Å²) in [4.78, 5) is 0.300. The molecule has 0 radical (unpaired) electrons. The van der Waals surface area contributed by atoms with Crippen LogP contribution in [0.15, 0.2) is 35.2 Å². The molecule has 0 saturated heterocycles. The second kappa shape index (κ2) is 6.23. The van der Waals surface area contributed by atoms with Gasteiger partial charge < -0.3 is 5.11 Å². The number of sulfone groups is 1. The van der Waals surface area contributed by atoms with E-state index < -0.39 is 15.9 Å². The summed E-state index contributed by atoms with van der Waals surface area (Å²) in [5.41, 5.74) is 0. The lowest BCUT2D eigenvalue weighted by Crippen LogP contribution is -2.23. The third kappa shape index (κ3) is 3.82. The highest BCUT2D eigenvalue weighted by atomic mass is 32.2. The van der Waals surface area contributed by atoms with E-state index in [1.54, 1.807) is 30.3 Å². The van der Waals surface area contributed by atoms with Crippen LogP contribution in [0.4, 0.5) is 0 Å². The number of aliphatic hydroxyl groups is 1. The Hall–Kier alpha value is -1.31. The predicted octanol–water partition coefficient (Wildman–Crippen LogP) is 2.01. The first-order valence-corrected chi connectivity index (χ1v) is 8.19. The van der Waals surface area contributed by atoms with Gasteiger partial charge in [-0.1, -0.05) is 42.9 Å². The van der Waals surface area contributed by atoms with Gasteiger partial charge in [0.25, 0.3) is 0 Å². The molecule has 1 aliphatic rings. The fourth-order valence-electron chi connectivity index (χ4n) is 2.26. The van der Waals surface area contributed by atoms with Gasteiger partial charge in [-0.25, -0.2) is 8.42 Å². The Balaban J connectivity index is 2.03. The van der Waals surface area contributed by atoms with Crippen LogP contribution in [0.5, 0.6) is 0 Å². The molecule has 1 saturated carbocycles. The van der Waals surface area contributed by atoms with Crippen LogP contribution < -0.4 is 0 Å². The predicted molar refractivity (Wildman–Crippen MR) is 74.2 cm³/mol. The van der Waals surface area contributed by atoms with E-state index in [9.17, 15) is 13.5 Å². The van der Waals surface area contributed by atoms with Gasteiger partial charge >= 0.3 is 0 Å². The maximum absolute atomic E-state index is 12.0. The van der Waals surface area contributed by atoms with Crippen molar-refractivity contribution >= 4 is 9.84 Å². The maximum atomic E-state index is 12.0. The number of benzene rings is 1. The maximum Gasteiger partial charge on any atom is 0.189 e. The van der Waals surface area contributed by atoms with Gasteiger partial charge in [0, 0.05) is 5.92 Å². The summed E-state index contributed by atoms with van der Waals surface area (Å²) in [6, 6.07) is 8.33. The van der Waals surface area contributed by atoms with Gasteiger partial charge in [0.2, 0.25) is 0 Å². The molecule has 4 heteroatoms. The van der Waals surface area contributed by atoms with E-state index >= 15 is 0 Å². The van der Waals surface area contributed by atoms with E-state index in [0.717, 1.165) is 25.7 Å². The lowest BCUT2D eigenvalue weighted by Gasteiger charge is -2.22. The molecule has 0 heterocycles. The first kappa shape index (κ1) is 14.1. The van der Waals surface area contributed by atoms with Gasteiger partial charge in [-0.2, -0.15) is 0 Å². The van der Waals surface area contributed by atoms with Crippen LogP contribution in [0.2, 0.25) is 0 Å². The van der Waals surface area contributed by atoms with Crippen molar-refractivity contribution in [2.75, 3.05) is 5.75 Å². The smallest absolute Gasteiger partial charge is 0.189 e. The largest absolute Gasteiger partial charge is 0.392 e. The Morgan fingerprint density at radius 1 is 1.16 bits per heavy atom. The molecular formula is C15H18O3S. The van der Waals surface area contributed by atoms with Crippen LogP contribution in [0.25, 0.3) is 0 Å². The van der Waals surface area contributed by atoms with Gasteiger partial charge in [0.15, 0.2) is 9.84 Å². The summed E-state index contributed by atoms with van der Waals surface area (Å²) >= 11 is 0. The first-order chi connectivity index (χ1) is 9.09. The number of aliphatic hydroxyl groups excluding tert-OH is 1. The summed E-state index contributed by atoms with van der Waals surface area (Å²) in [5, 5.41) is 9.76. The van der Waals surface area contributed by atoms with E-state index in [2.05, 4.69) is 11.8 Å². The normalized spacial score (nSPS) is 23.4. The molecule has 102 valence electrons. The highest BCUT2D eigenvalue weighted by Crippen LogP contribution is 2.23. The fourth-order valence-corrected chi connectivity index (χ4v) is 3.27. The molecule has 0 bridgehead atoms. The number of hydrogen-bond acceptors (Lipinski definition) is 3. The molecule has 0 amide bonds. The Morgan fingerprint density at radius 2 is 1.84 bits per heavy atom. The van der Waals surface area contributed by atoms with Crippen LogP contribution in [-0.4, -0.2) is 25.4 Å². The molecule has 0 aliphatic heterocycles. The van der Waals surface area contributed by atoms with E-state index in [0.29, 0.717) is 4.90 Å². The van der Waals surface area contributed by atoms with Gasteiger partial charge in [-0.15, -0.1) is 0 Å². The summed E-state index contributed by atoms with van der Waals surface area (Å²) in [6.07, 6.45) is 3.31. The molecule has 0 aromatic heterocycles. The Morgan fingerprint density at radius 3 is 2.53 bits per heavy atom. The molecule has 1 aromatic carbocycles. The summed E-state index contributed by atoms with van der Waals surface area (Å²) in [5.74, 6) is 5.39. The van der Waals surface area contributed by atoms with Crippen molar-refractivity contribution < 1.29 is 13.5 Å². The van der Waals surface area contributed by atoms with E-state index in [-0.39, 0.29) is 11.7 Å². The van der Waals surface area contributed by atoms with Crippen molar-refractivity contribution in [3.63, 3.8) is 0 Å². The Labute approximate surface area is 114 Å². The third-order valence-corrected chi connectivity index (χ3v) is 4.90. The van der Waals surface area contributed by atoms with E-state index in [4.69, 9.17) is 0 Å². The zero-order valence-corrected chi connectivity index (χ0v) is 11.6. The molecule has 0 spiro atoms. The van der Waals surface area contributed by atoms with Crippen molar-refractivity contribution in [3.05, 3.63) is 30.3 Å². The third-order valence-electron chi connectivity index (χ3n) is 3.38. The molecule has 1 aliphatic carbocycles. The molecule has 0 unspecified atom stereocenters. The molecule has 2 rings (SSSR count). The lowest BCUT2D eigenvalue weighted by atomic mass is 9.87. The van der Waals surface area contributed by atoms with Crippen LogP contribution in [0, 0.1) is 17.8 Å². The second-order valence-corrected chi connectivity index (χ2v) is 6.84. The Kier molecular flexibility index (Phi) is 4.62. The molecule has 1 fully saturated rings. The molecule has 19 heavy (non-hydrogen) atoms. The molecule has 3 nitrogen and oxygen atoms in total. The van der Waals surface area contributed by atoms with Crippen molar-refractivity contribution in [3.8, 4) is 11.8 Å². The highest BCUT2D eigenvalue weighted by Gasteiger charge is 2.21. The summed E-state index contributed by atoms with van der Waals surface area (Å²) in [6.45, 7) is 0. The zero-order valence-electron chi connectivity index (χ0n) is 10.7. The average molecular weight is 278 g/mol. The van der Waals surface area contributed by atoms with E-state index in [1.807, 2.05) is 0 Å². The summed E-state index contributed by atoms with van der Waals surface area (Å²) in [7, 11) is -3.33. The SMILES string of the molecule is O=S(=O)(CC#C[C@H]1CCCC[C@@H]1O)c1ccccc1. The van der Waals surface area contributed by atoms with Crippen LogP contribution in [0.3, 0.4) is 0 Å². The van der Waals surface area contributed by atoms with Gasteiger partial charge in [0.1, 0.15) is 5.75 Å². The van der Waals surface area contributed by atoms with Crippen LogP contribution in [-0.2, 0) is 9.84 Å². The standard InChI is InChI=1S/C15H18O3S/c16-15-11-5-4-7-13(15)8-6-12-19(17,18)14-9-2-1-3-10-14/h1-3,9-10,13,15-16H,4-5,7,11-12H2/t13-,15+/m1/s1. The summed E-state index contributed by atoms with van der Waals surface area (Å²) < 4.78 is 24.0. The van der Waals surface area contributed by atoms with Crippen molar-refractivity contribution in [2.24, 2.45) is 5.92 Å². The average Bonchev–Trinajstić information content (AvgIpc) is 2.42. The lowest BCUT2D eigenvalue weighted by molar-refractivity contribution is 0.0970. The fraction of sp³-hybridized carbons (Fsp3) is 0.467. The van der Waals surface area contributed by atoms with Crippen molar-refractivity contribution in [1.29, 1.82) is 0 Å². The minimum absolute atomic E-state index is 0.0697. The number of hydrogen-bond donors (Lipinski definition) is 1. The van der Waals surface area contributed by atoms with Gasteiger partial charge in [-0.05, 0) is 25.0 Å². The highest BCUT2D eigenvalue weighted by molar-refractivity contribution is 7.91. The molecular weight excluding hydrogens is 260 g/mol. The minimum atomic E-state index is -3.33.